The number of para-hydroxylation sites is 1. The molecule has 0 fully saturated rings. The second kappa shape index (κ2) is 6.38. The lowest BCUT2D eigenvalue weighted by Gasteiger charge is -2.10. The Morgan fingerprint density at radius 1 is 1.30 bits per heavy atom. The minimum atomic E-state index is -0.214. The van der Waals surface area contributed by atoms with Crippen LogP contribution in [0.25, 0.3) is 0 Å². The van der Waals surface area contributed by atoms with Crippen LogP contribution in [0.15, 0.2) is 29.6 Å². The zero-order valence-electron chi connectivity index (χ0n) is 11.4. The molecule has 3 nitrogen and oxygen atoms in total. The van der Waals surface area contributed by atoms with Crippen molar-refractivity contribution in [3.8, 4) is 11.8 Å². The van der Waals surface area contributed by atoms with E-state index in [-0.39, 0.29) is 12.5 Å². The summed E-state index contributed by atoms with van der Waals surface area (Å²) in [6.07, 6.45) is 0. The molecule has 2 rings (SSSR count). The minimum absolute atomic E-state index is 0.167. The molecule has 1 amide bonds. The maximum Gasteiger partial charge on any atom is 0.267 e. The third-order valence-electron chi connectivity index (χ3n) is 2.89. The summed E-state index contributed by atoms with van der Waals surface area (Å²) in [7, 11) is 0. The smallest absolute Gasteiger partial charge is 0.267 e. The average Bonchev–Trinajstić information content (AvgIpc) is 2.89. The predicted molar refractivity (Wildman–Crippen MR) is 82.2 cm³/mol. The van der Waals surface area contributed by atoms with Crippen molar-refractivity contribution in [3.63, 3.8) is 0 Å². The SMILES string of the molecule is Cc1cccc(C)c1NC(=O)c1sccc1C#CCO. The largest absolute Gasteiger partial charge is 0.384 e. The Morgan fingerprint density at radius 2 is 2.00 bits per heavy atom. The topological polar surface area (TPSA) is 49.3 Å². The molecule has 0 atom stereocenters. The zero-order valence-corrected chi connectivity index (χ0v) is 12.2. The van der Waals surface area contributed by atoms with E-state index in [2.05, 4.69) is 17.2 Å². The van der Waals surface area contributed by atoms with Gasteiger partial charge in [0.1, 0.15) is 11.5 Å². The second-order valence-electron chi connectivity index (χ2n) is 4.34. The molecular formula is C16H15NO2S. The quantitative estimate of drug-likeness (QED) is 0.833. The van der Waals surface area contributed by atoms with E-state index < -0.39 is 0 Å². The van der Waals surface area contributed by atoms with Crippen molar-refractivity contribution in [3.05, 3.63) is 51.2 Å². The standard InChI is InChI=1S/C16H15NO2S/c1-11-5-3-6-12(2)14(11)17-16(19)15-13(7-4-9-18)8-10-20-15/h3,5-6,8,10,18H,9H2,1-2H3,(H,17,19). The molecule has 0 radical (unpaired) electrons. The fourth-order valence-corrected chi connectivity index (χ4v) is 2.64. The van der Waals surface area contributed by atoms with Gasteiger partial charge in [-0.2, -0.15) is 0 Å². The zero-order chi connectivity index (χ0) is 14.5. The molecule has 102 valence electrons. The van der Waals surface area contributed by atoms with Crippen molar-refractivity contribution < 1.29 is 9.90 Å². The molecule has 0 aliphatic carbocycles. The number of nitrogens with one attached hydrogen (secondary N) is 1. The van der Waals surface area contributed by atoms with Gasteiger partial charge in [0.2, 0.25) is 0 Å². The number of amides is 1. The molecule has 0 aliphatic heterocycles. The summed E-state index contributed by atoms with van der Waals surface area (Å²) in [5.74, 6) is 5.19. The van der Waals surface area contributed by atoms with Crippen LogP contribution in [0.3, 0.4) is 0 Å². The van der Waals surface area contributed by atoms with E-state index in [0.717, 1.165) is 16.8 Å². The molecule has 0 unspecified atom stereocenters. The van der Waals surface area contributed by atoms with E-state index in [1.165, 1.54) is 11.3 Å². The molecule has 20 heavy (non-hydrogen) atoms. The highest BCUT2D eigenvalue weighted by Crippen LogP contribution is 2.22. The molecule has 0 aliphatic rings. The summed E-state index contributed by atoms with van der Waals surface area (Å²) in [5, 5.41) is 13.5. The number of aliphatic hydroxyl groups is 1. The van der Waals surface area contributed by atoms with Gasteiger partial charge < -0.3 is 10.4 Å². The lowest BCUT2D eigenvalue weighted by molar-refractivity contribution is 0.103. The highest BCUT2D eigenvalue weighted by atomic mass is 32.1. The van der Waals surface area contributed by atoms with Gasteiger partial charge in [-0.15, -0.1) is 11.3 Å². The van der Waals surface area contributed by atoms with Crippen molar-refractivity contribution >= 4 is 22.9 Å². The van der Waals surface area contributed by atoms with Gasteiger partial charge in [0.25, 0.3) is 5.91 Å². The van der Waals surface area contributed by atoms with Crippen molar-refractivity contribution in [1.82, 2.24) is 0 Å². The van der Waals surface area contributed by atoms with E-state index in [4.69, 9.17) is 5.11 Å². The molecule has 1 heterocycles. The van der Waals surface area contributed by atoms with E-state index in [9.17, 15) is 4.79 Å². The molecule has 0 bridgehead atoms. The van der Waals surface area contributed by atoms with Crippen LogP contribution in [0.4, 0.5) is 5.69 Å². The van der Waals surface area contributed by atoms with Crippen LogP contribution in [0, 0.1) is 25.7 Å². The predicted octanol–water partition coefficient (Wildman–Crippen LogP) is 2.96. The fraction of sp³-hybridized carbons (Fsp3) is 0.188. The number of rotatable bonds is 2. The number of aliphatic hydroxyl groups excluding tert-OH is 1. The summed E-state index contributed by atoms with van der Waals surface area (Å²) in [5.41, 5.74) is 3.54. The van der Waals surface area contributed by atoms with Gasteiger partial charge in [0.15, 0.2) is 0 Å². The lowest BCUT2D eigenvalue weighted by atomic mass is 10.1. The Balaban J connectivity index is 2.27. The Hall–Kier alpha value is -2.09. The van der Waals surface area contributed by atoms with Crippen LogP contribution in [0.5, 0.6) is 0 Å². The number of carbonyl (C=O) groups excluding carboxylic acids is 1. The first-order valence-electron chi connectivity index (χ1n) is 6.18. The molecule has 0 saturated heterocycles. The summed E-state index contributed by atoms with van der Waals surface area (Å²) >= 11 is 1.34. The van der Waals surface area contributed by atoms with Crippen LogP contribution < -0.4 is 5.32 Å². The van der Waals surface area contributed by atoms with Gasteiger partial charge in [-0.3, -0.25) is 4.79 Å². The van der Waals surface area contributed by atoms with Crippen LogP contribution in [-0.2, 0) is 0 Å². The highest BCUT2D eigenvalue weighted by Gasteiger charge is 2.14. The number of carbonyl (C=O) groups is 1. The molecular weight excluding hydrogens is 270 g/mol. The third-order valence-corrected chi connectivity index (χ3v) is 3.81. The summed E-state index contributed by atoms with van der Waals surface area (Å²) in [6, 6.07) is 7.67. The summed E-state index contributed by atoms with van der Waals surface area (Å²) in [6.45, 7) is 3.71. The number of aryl methyl sites for hydroxylation is 2. The molecule has 1 aromatic heterocycles. The van der Waals surface area contributed by atoms with Crippen molar-refractivity contribution in [2.45, 2.75) is 13.8 Å². The lowest BCUT2D eigenvalue weighted by Crippen LogP contribution is -2.13. The van der Waals surface area contributed by atoms with E-state index >= 15 is 0 Å². The third kappa shape index (κ3) is 3.08. The van der Waals surface area contributed by atoms with E-state index in [1.54, 1.807) is 6.07 Å². The first-order chi connectivity index (χ1) is 9.63. The second-order valence-corrected chi connectivity index (χ2v) is 5.26. The number of thiophene rings is 1. The van der Waals surface area contributed by atoms with Crippen molar-refractivity contribution in [1.29, 1.82) is 0 Å². The van der Waals surface area contributed by atoms with Gasteiger partial charge in [-0.25, -0.2) is 0 Å². The van der Waals surface area contributed by atoms with Crippen LogP contribution in [-0.4, -0.2) is 17.6 Å². The molecule has 4 heteroatoms. The Morgan fingerprint density at radius 3 is 2.65 bits per heavy atom. The number of anilines is 1. The van der Waals surface area contributed by atoms with Crippen molar-refractivity contribution in [2.75, 3.05) is 11.9 Å². The van der Waals surface area contributed by atoms with Gasteiger partial charge >= 0.3 is 0 Å². The minimum Gasteiger partial charge on any atom is -0.384 e. The normalized spacial score (nSPS) is 9.75. The Bertz CT molecular complexity index is 672. The number of hydrogen-bond acceptors (Lipinski definition) is 3. The molecule has 1 aromatic carbocycles. The van der Waals surface area contributed by atoms with Gasteiger partial charge in [0, 0.05) is 11.3 Å². The number of benzene rings is 1. The van der Waals surface area contributed by atoms with Crippen LogP contribution in [0.1, 0.15) is 26.4 Å². The summed E-state index contributed by atoms with van der Waals surface area (Å²) in [4.78, 5) is 12.9. The van der Waals surface area contributed by atoms with E-state index in [1.807, 2.05) is 37.4 Å². The fourth-order valence-electron chi connectivity index (χ4n) is 1.90. The highest BCUT2D eigenvalue weighted by molar-refractivity contribution is 7.12. The first-order valence-corrected chi connectivity index (χ1v) is 7.06. The molecule has 2 aromatic rings. The maximum atomic E-state index is 12.3. The van der Waals surface area contributed by atoms with Crippen molar-refractivity contribution in [2.24, 2.45) is 0 Å². The average molecular weight is 285 g/mol. The first kappa shape index (κ1) is 14.3. The Kier molecular flexibility index (Phi) is 4.57. The van der Waals surface area contributed by atoms with E-state index in [0.29, 0.717) is 10.4 Å². The monoisotopic (exact) mass is 285 g/mol. The molecule has 0 saturated carbocycles. The molecule has 2 N–H and O–H groups in total. The summed E-state index contributed by atoms with van der Waals surface area (Å²) < 4.78 is 0. The van der Waals surface area contributed by atoms with Crippen LogP contribution >= 0.6 is 11.3 Å². The van der Waals surface area contributed by atoms with Crippen LogP contribution in [0.2, 0.25) is 0 Å². The number of hydrogen-bond donors (Lipinski definition) is 2. The maximum absolute atomic E-state index is 12.3. The van der Waals surface area contributed by atoms with Gasteiger partial charge in [-0.1, -0.05) is 30.0 Å². The van der Waals surface area contributed by atoms with Gasteiger partial charge in [-0.05, 0) is 36.4 Å². The van der Waals surface area contributed by atoms with Gasteiger partial charge in [0.05, 0.1) is 0 Å². The molecule has 0 spiro atoms. The Labute approximate surface area is 122 Å².